The molecule has 1 heterocycles. The van der Waals surface area contributed by atoms with E-state index in [-0.39, 0.29) is 5.91 Å². The molecule has 1 aromatic heterocycles. The van der Waals surface area contributed by atoms with Crippen LogP contribution in [0.15, 0.2) is 12.1 Å². The Labute approximate surface area is 126 Å². The molecule has 6 heteroatoms. The molecule has 0 atom stereocenters. The van der Waals surface area contributed by atoms with Crippen molar-refractivity contribution in [1.82, 2.24) is 15.1 Å². The molecule has 1 amide bonds. The number of hydrogen-bond acceptors (Lipinski definition) is 5. The van der Waals surface area contributed by atoms with Gasteiger partial charge in [-0.25, -0.2) is 0 Å². The fourth-order valence-electron chi connectivity index (χ4n) is 2.78. The molecule has 0 bridgehead atoms. The van der Waals surface area contributed by atoms with Crippen LogP contribution >= 0.6 is 0 Å². The summed E-state index contributed by atoms with van der Waals surface area (Å²) in [5, 5.41) is 8.35. The molecule has 6 nitrogen and oxygen atoms in total. The fourth-order valence-corrected chi connectivity index (χ4v) is 2.78. The van der Waals surface area contributed by atoms with Gasteiger partial charge in [0.1, 0.15) is 0 Å². The number of rotatable bonds is 6. The summed E-state index contributed by atoms with van der Waals surface area (Å²) in [6.45, 7) is 1.57. The van der Waals surface area contributed by atoms with Crippen molar-refractivity contribution in [2.75, 3.05) is 32.1 Å². The third-order valence-electron chi connectivity index (χ3n) is 3.94. The van der Waals surface area contributed by atoms with Crippen LogP contribution in [0.3, 0.4) is 0 Å². The second-order valence-corrected chi connectivity index (χ2v) is 5.75. The van der Waals surface area contributed by atoms with Crippen LogP contribution in [0.1, 0.15) is 42.6 Å². The lowest BCUT2D eigenvalue weighted by Crippen LogP contribution is -2.36. The van der Waals surface area contributed by atoms with Crippen molar-refractivity contribution in [2.45, 2.75) is 38.1 Å². The average Bonchev–Trinajstić information content (AvgIpc) is 3.01. The number of carbonyl (C=O) groups is 1. The van der Waals surface area contributed by atoms with E-state index in [1.807, 2.05) is 6.07 Å². The molecule has 1 fully saturated rings. The Morgan fingerprint density at radius 2 is 2.00 bits per heavy atom. The minimum atomic E-state index is -0.122. The first-order chi connectivity index (χ1) is 10.1. The van der Waals surface area contributed by atoms with Gasteiger partial charge in [-0.1, -0.05) is 12.8 Å². The van der Waals surface area contributed by atoms with Gasteiger partial charge in [0.15, 0.2) is 11.5 Å². The molecular weight excluding hydrogens is 266 g/mol. The third kappa shape index (κ3) is 3.91. The van der Waals surface area contributed by atoms with Crippen molar-refractivity contribution in [2.24, 2.45) is 5.73 Å². The van der Waals surface area contributed by atoms with Crippen LogP contribution in [0, 0.1) is 0 Å². The molecule has 0 saturated heterocycles. The Kier molecular flexibility index (Phi) is 5.50. The summed E-state index contributed by atoms with van der Waals surface area (Å²) in [5.41, 5.74) is 6.02. The molecule has 1 aliphatic rings. The van der Waals surface area contributed by atoms with E-state index in [0.717, 1.165) is 18.8 Å². The van der Waals surface area contributed by atoms with Gasteiger partial charge >= 0.3 is 0 Å². The van der Waals surface area contributed by atoms with Crippen LogP contribution < -0.4 is 10.6 Å². The SMILES string of the molecule is CN(C)C(=O)c1ccc(N(CCCN)C2CCCC2)nn1. The van der Waals surface area contributed by atoms with Crippen molar-refractivity contribution in [3.8, 4) is 0 Å². The van der Waals surface area contributed by atoms with Gasteiger partial charge < -0.3 is 15.5 Å². The largest absolute Gasteiger partial charge is 0.352 e. The molecule has 0 aliphatic heterocycles. The molecule has 1 aliphatic carbocycles. The smallest absolute Gasteiger partial charge is 0.273 e. The van der Waals surface area contributed by atoms with Crippen molar-refractivity contribution in [1.29, 1.82) is 0 Å². The summed E-state index contributed by atoms with van der Waals surface area (Å²) in [7, 11) is 3.42. The zero-order chi connectivity index (χ0) is 15.2. The number of carbonyl (C=O) groups excluding carboxylic acids is 1. The number of nitrogens with two attached hydrogens (primary N) is 1. The summed E-state index contributed by atoms with van der Waals surface area (Å²) in [4.78, 5) is 15.7. The summed E-state index contributed by atoms with van der Waals surface area (Å²) < 4.78 is 0. The number of aromatic nitrogens is 2. The van der Waals surface area contributed by atoms with E-state index in [9.17, 15) is 4.79 Å². The van der Waals surface area contributed by atoms with E-state index in [4.69, 9.17) is 5.73 Å². The highest BCUT2D eigenvalue weighted by Gasteiger charge is 2.24. The van der Waals surface area contributed by atoms with Gasteiger partial charge in [0, 0.05) is 26.7 Å². The first-order valence-corrected chi connectivity index (χ1v) is 7.65. The van der Waals surface area contributed by atoms with Gasteiger partial charge in [-0.15, -0.1) is 10.2 Å². The van der Waals surface area contributed by atoms with Crippen LogP contribution in [0.4, 0.5) is 5.82 Å². The zero-order valence-electron chi connectivity index (χ0n) is 13.0. The molecule has 116 valence electrons. The number of anilines is 1. The third-order valence-corrected chi connectivity index (χ3v) is 3.94. The number of hydrogen-bond donors (Lipinski definition) is 1. The quantitative estimate of drug-likeness (QED) is 0.854. The highest BCUT2D eigenvalue weighted by molar-refractivity contribution is 5.91. The lowest BCUT2D eigenvalue weighted by Gasteiger charge is -2.29. The van der Waals surface area contributed by atoms with E-state index in [2.05, 4.69) is 15.1 Å². The Bertz CT molecular complexity index is 454. The van der Waals surface area contributed by atoms with Gasteiger partial charge in [-0.2, -0.15) is 0 Å². The zero-order valence-corrected chi connectivity index (χ0v) is 13.0. The maximum Gasteiger partial charge on any atom is 0.273 e. The Balaban J connectivity index is 2.13. The summed E-state index contributed by atoms with van der Waals surface area (Å²) in [6.07, 6.45) is 5.88. The second-order valence-electron chi connectivity index (χ2n) is 5.75. The maximum atomic E-state index is 11.8. The molecule has 1 aromatic rings. The van der Waals surface area contributed by atoms with E-state index in [0.29, 0.717) is 18.3 Å². The number of amides is 1. The molecule has 21 heavy (non-hydrogen) atoms. The molecule has 0 spiro atoms. The highest BCUT2D eigenvalue weighted by atomic mass is 16.2. The summed E-state index contributed by atoms with van der Waals surface area (Å²) in [6, 6.07) is 4.19. The van der Waals surface area contributed by atoms with Crippen LogP contribution in [-0.4, -0.2) is 54.2 Å². The molecule has 0 radical (unpaired) electrons. The van der Waals surface area contributed by atoms with Gasteiger partial charge in [-0.05, 0) is 37.9 Å². The van der Waals surface area contributed by atoms with Crippen LogP contribution in [-0.2, 0) is 0 Å². The second kappa shape index (κ2) is 7.36. The molecule has 2 rings (SSSR count). The summed E-state index contributed by atoms with van der Waals surface area (Å²) >= 11 is 0. The monoisotopic (exact) mass is 291 g/mol. The van der Waals surface area contributed by atoms with Gasteiger partial charge in [0.25, 0.3) is 5.91 Å². The van der Waals surface area contributed by atoms with E-state index in [1.165, 1.54) is 30.6 Å². The molecule has 2 N–H and O–H groups in total. The Morgan fingerprint density at radius 3 is 2.52 bits per heavy atom. The standard InChI is InChI=1S/C15H25N5O/c1-19(2)15(21)13-8-9-14(18-17-13)20(11-5-10-16)12-6-3-4-7-12/h8-9,12H,3-7,10-11,16H2,1-2H3. The van der Waals surface area contributed by atoms with Gasteiger partial charge in [0.2, 0.25) is 0 Å². The van der Waals surface area contributed by atoms with Crippen molar-refractivity contribution < 1.29 is 4.79 Å². The van der Waals surface area contributed by atoms with Crippen LogP contribution in [0.25, 0.3) is 0 Å². The topological polar surface area (TPSA) is 75.4 Å². The van der Waals surface area contributed by atoms with E-state index < -0.39 is 0 Å². The molecule has 0 unspecified atom stereocenters. The van der Waals surface area contributed by atoms with Gasteiger partial charge in [0.05, 0.1) is 0 Å². The Hall–Kier alpha value is -1.69. The lowest BCUT2D eigenvalue weighted by atomic mass is 10.2. The predicted octanol–water partition coefficient (Wildman–Crippen LogP) is 1.28. The number of nitrogens with zero attached hydrogens (tertiary/aromatic N) is 4. The van der Waals surface area contributed by atoms with Gasteiger partial charge in [-0.3, -0.25) is 4.79 Å². The maximum absolute atomic E-state index is 11.8. The van der Waals surface area contributed by atoms with Crippen LogP contribution in [0.5, 0.6) is 0 Å². The average molecular weight is 291 g/mol. The molecule has 1 saturated carbocycles. The highest BCUT2D eigenvalue weighted by Crippen LogP contribution is 2.27. The van der Waals surface area contributed by atoms with Crippen molar-refractivity contribution in [3.05, 3.63) is 17.8 Å². The normalized spacial score (nSPS) is 15.2. The fraction of sp³-hybridized carbons (Fsp3) is 0.667. The van der Waals surface area contributed by atoms with Crippen molar-refractivity contribution in [3.63, 3.8) is 0 Å². The first-order valence-electron chi connectivity index (χ1n) is 7.65. The van der Waals surface area contributed by atoms with E-state index in [1.54, 1.807) is 20.2 Å². The Morgan fingerprint density at radius 1 is 1.29 bits per heavy atom. The first kappa shape index (κ1) is 15.7. The minimum Gasteiger partial charge on any atom is -0.352 e. The van der Waals surface area contributed by atoms with Crippen molar-refractivity contribution >= 4 is 11.7 Å². The predicted molar refractivity (Wildman–Crippen MR) is 83.3 cm³/mol. The molecule has 0 aromatic carbocycles. The minimum absolute atomic E-state index is 0.122. The summed E-state index contributed by atoms with van der Waals surface area (Å²) in [5.74, 6) is 0.731. The van der Waals surface area contributed by atoms with E-state index >= 15 is 0 Å². The lowest BCUT2D eigenvalue weighted by molar-refractivity contribution is 0.0821. The van der Waals surface area contributed by atoms with Crippen LogP contribution in [0.2, 0.25) is 0 Å². The molecular formula is C15H25N5O.